The first-order chi connectivity index (χ1) is 45.0. The quantitative estimate of drug-likeness (QED) is 0.0641. The van der Waals surface area contributed by atoms with Gasteiger partial charge in [0, 0.05) is 78.3 Å². The number of aromatic hydroxyl groups is 1. The predicted octanol–water partition coefficient (Wildman–Crippen LogP) is 19.4. The fourth-order valence-electron chi connectivity index (χ4n) is 7.88. The van der Waals surface area contributed by atoms with E-state index in [0.717, 1.165) is 56.2 Å². The molecule has 0 bridgehead atoms. The van der Waals surface area contributed by atoms with Gasteiger partial charge in [0.2, 0.25) is 17.5 Å². The number of imidazole rings is 3. The third-order valence-corrected chi connectivity index (χ3v) is 16.5. The van der Waals surface area contributed by atoms with Crippen LogP contribution in [0.3, 0.4) is 0 Å². The van der Waals surface area contributed by atoms with Crippen LogP contribution < -0.4 is 9.47 Å². The van der Waals surface area contributed by atoms with Crippen molar-refractivity contribution in [1.82, 2.24) is 58.6 Å². The second kappa shape index (κ2) is 29.9. The molecule has 0 spiro atoms. The Bertz CT molecular complexity index is 4990. The first-order valence-electron chi connectivity index (χ1n) is 25.5. The van der Waals surface area contributed by atoms with Crippen molar-refractivity contribution in [2.75, 3.05) is 35.9 Å². The van der Waals surface area contributed by atoms with Crippen molar-refractivity contribution in [1.29, 1.82) is 0 Å². The average molecular weight is 1600 g/mol. The van der Waals surface area contributed by atoms with Gasteiger partial charge in [0.25, 0.3) is 17.7 Å². The van der Waals surface area contributed by atoms with Crippen LogP contribution in [0.5, 0.6) is 17.2 Å². The van der Waals surface area contributed by atoms with Gasteiger partial charge in [0.15, 0.2) is 32.7 Å². The summed E-state index contributed by atoms with van der Waals surface area (Å²) in [5.74, 6) is 0.0117. The highest BCUT2D eigenvalue weighted by atomic mass is 35.5. The van der Waals surface area contributed by atoms with Crippen molar-refractivity contribution in [3.8, 4) is 86.2 Å². The molecule has 12 rings (SSSR count). The Morgan fingerprint density at radius 3 is 1.09 bits per heavy atom. The van der Waals surface area contributed by atoms with Crippen molar-refractivity contribution >= 4 is 166 Å². The number of sulfone groups is 1. The van der Waals surface area contributed by atoms with Gasteiger partial charge < -0.3 is 41.4 Å². The molecule has 0 radical (unpaired) electrons. The summed E-state index contributed by atoms with van der Waals surface area (Å²) in [5, 5.41) is 22.0. The van der Waals surface area contributed by atoms with Crippen LogP contribution in [-0.4, -0.2) is 108 Å². The van der Waals surface area contributed by atoms with E-state index in [1.165, 1.54) is 66.8 Å². The molecular weight excluding hydrogens is 1570 g/mol. The number of fused-ring (bicyclic) bond motifs is 3. The van der Waals surface area contributed by atoms with Gasteiger partial charge in [-0.25, -0.2) is 23.4 Å². The highest BCUT2D eigenvalue weighted by molar-refractivity contribution is 7.99. The van der Waals surface area contributed by atoms with Gasteiger partial charge in [-0.15, -0.1) is 35.1 Å². The Labute approximate surface area is 590 Å². The summed E-state index contributed by atoms with van der Waals surface area (Å²) >= 11 is 62.9. The lowest BCUT2D eigenvalue weighted by molar-refractivity contribution is -0.138. The van der Waals surface area contributed by atoms with Gasteiger partial charge in [-0.2, -0.15) is 54.5 Å². The van der Waals surface area contributed by atoms with Crippen LogP contribution in [0, 0.1) is 0 Å². The number of benzene rings is 3. The largest absolute Gasteiger partial charge is 0.506 e. The minimum Gasteiger partial charge on any atom is -0.506 e. The average Bonchev–Trinajstić information content (AvgIpc) is 1.62. The lowest BCUT2D eigenvalue weighted by Crippen LogP contribution is -2.09. The van der Waals surface area contributed by atoms with E-state index in [2.05, 4.69) is 45.4 Å². The van der Waals surface area contributed by atoms with E-state index in [9.17, 15) is 53.0 Å². The molecule has 0 unspecified atom stereocenters. The molecule has 0 atom stereocenters. The molecule has 0 fully saturated rings. The number of hydrogen-bond donors (Lipinski definition) is 1. The Morgan fingerprint density at radius 1 is 0.458 bits per heavy atom. The number of thioether (sulfide) groups is 2. The van der Waals surface area contributed by atoms with Gasteiger partial charge in [-0.1, -0.05) is 120 Å². The van der Waals surface area contributed by atoms with E-state index in [0.29, 0.717) is 33.0 Å². The molecule has 0 aliphatic rings. The number of rotatable bonds is 13. The number of nitrogens with zero attached hydrogens (tertiary/aromatic N) is 12. The van der Waals surface area contributed by atoms with Gasteiger partial charge in [-0.3, -0.25) is 0 Å². The Morgan fingerprint density at radius 2 is 0.781 bits per heavy atom. The summed E-state index contributed by atoms with van der Waals surface area (Å²) in [7, 11) is -3.41. The van der Waals surface area contributed by atoms with E-state index < -0.39 is 51.0 Å². The number of ether oxygens (including phenoxy) is 2. The molecule has 0 saturated carbocycles. The van der Waals surface area contributed by atoms with E-state index in [1.54, 1.807) is 11.8 Å². The lowest BCUT2D eigenvalue weighted by Gasteiger charge is -2.09. The van der Waals surface area contributed by atoms with Crippen molar-refractivity contribution < 1.29 is 76.1 Å². The highest BCUT2D eigenvalue weighted by Gasteiger charge is 2.35. The Hall–Kier alpha value is -6.53. The highest BCUT2D eigenvalue weighted by Crippen LogP contribution is 2.42. The number of phenols is 1. The molecule has 3 aromatic carbocycles. The van der Waals surface area contributed by atoms with Gasteiger partial charge in [0.05, 0.1) is 67.1 Å². The zero-order chi connectivity index (χ0) is 70.1. The lowest BCUT2D eigenvalue weighted by atomic mass is 10.2. The SMILES string of the molecule is CS(=O)(=O)COc1cc(Cl)c(-c2noc(-c3cn4cc(C(F)(F)F)cc(Cl)c4n3)n2)cc1Cl.CSCCl.CSCOc1cc(Cl)c(-c2noc(-c3cn4cc(C(F)(F)F)cc(Cl)c4n3)n2)cc1Cl.Oc1cc(Cl)c(-c2noc(-c3cn4cc(C(F)(F)F)cc(Cl)c4n3)n2)cc1Cl. The minimum atomic E-state index is -4.59. The van der Waals surface area contributed by atoms with Crippen LogP contribution in [0.15, 0.2) is 105 Å². The number of phenolic OH excluding ortho intramolecular Hbond substituents is 1. The monoisotopic (exact) mass is 1590 g/mol. The predicted molar refractivity (Wildman–Crippen MR) is 347 cm³/mol. The third kappa shape index (κ3) is 17.5. The Kier molecular flexibility index (Phi) is 23.0. The van der Waals surface area contributed by atoms with Crippen LogP contribution >= 0.6 is 140 Å². The van der Waals surface area contributed by atoms with E-state index >= 15 is 0 Å². The molecule has 96 heavy (non-hydrogen) atoms. The number of hydrogen-bond acceptors (Lipinski definition) is 19. The first-order valence-corrected chi connectivity index (χ1v) is 34.2. The molecule has 20 nitrogen and oxygen atoms in total. The second-order valence-electron chi connectivity index (χ2n) is 19.0. The topological polar surface area (TPSA) is 241 Å². The molecule has 9 heterocycles. The smallest absolute Gasteiger partial charge is 0.417 e. The number of halogens is 19. The minimum absolute atomic E-state index is 0.00527. The van der Waals surface area contributed by atoms with E-state index in [-0.39, 0.29) is 126 Å². The molecule has 0 saturated heterocycles. The summed E-state index contributed by atoms with van der Waals surface area (Å²) in [6.45, 7) is 0. The maximum Gasteiger partial charge on any atom is 0.417 e. The number of alkyl halides is 10. The molecule has 42 heteroatoms. The van der Waals surface area contributed by atoms with Crippen LogP contribution in [0.2, 0.25) is 45.2 Å². The Balaban J connectivity index is 0.000000165. The van der Waals surface area contributed by atoms with Crippen LogP contribution in [0.4, 0.5) is 39.5 Å². The second-order valence-corrected chi connectivity index (χ2v) is 27.0. The molecule has 0 aliphatic heterocycles. The zero-order valence-electron chi connectivity index (χ0n) is 47.4. The number of pyridine rings is 3. The summed E-state index contributed by atoms with van der Waals surface area (Å²) < 4.78 is 169. The third-order valence-electron chi connectivity index (χ3n) is 12.1. The molecule has 1 N–H and O–H groups in total. The molecule has 9 aromatic heterocycles. The van der Waals surface area contributed by atoms with Crippen molar-refractivity contribution in [2.45, 2.75) is 18.5 Å². The van der Waals surface area contributed by atoms with Crippen molar-refractivity contribution in [2.24, 2.45) is 0 Å². The molecule has 0 amide bonds. The maximum absolute atomic E-state index is 13.0. The van der Waals surface area contributed by atoms with E-state index in [1.807, 2.05) is 12.5 Å². The normalized spacial score (nSPS) is 12.0. The van der Waals surface area contributed by atoms with Crippen LogP contribution in [0.1, 0.15) is 16.7 Å². The fourth-order valence-corrected chi connectivity index (χ4v) is 10.6. The standard InChI is InChI=1S/C18H10Cl3F3N4O4S.C18H10Cl3F3N4O2S.C16H6Cl3F3N4O2.C2H5ClS/c1-33(29,30)7-31-14-4-10(19)9(3-11(14)20)15-26-17(32-27-15)13-6-28-5-8(18(22,23)24)2-12(21)16(28)25-13;1-31-7-29-14-4-10(19)9(3-11(14)20)15-26-17(30-27-15)13-6-28-5-8(18(22,23)24)2-12(21)16(28)25-13;17-8-3-12(27)9(18)2-7(8)13-24-15(28-25-13)11-5-26-4-6(16(20,21)22)1-10(19)14(26)23-11;1-4-2-3/h2-6H,7H2,1H3;2-6H,7H2,1H3;1-5,27H;2H2,1H3. The first kappa shape index (κ1) is 73.7. The van der Waals surface area contributed by atoms with Crippen LogP contribution in [-0.2, 0) is 28.4 Å². The molecule has 506 valence electrons. The van der Waals surface area contributed by atoms with Gasteiger partial charge in [-0.05, 0) is 48.9 Å². The summed E-state index contributed by atoms with van der Waals surface area (Å²) in [4.78, 5) is 25.0. The number of aromatic nitrogens is 12. The molecular formula is C54H31Cl10F9N12O8S3. The summed E-state index contributed by atoms with van der Waals surface area (Å²) in [5.41, 5.74) is -1.27. The fraction of sp³-hybridized carbons (Fsp3) is 0.167. The van der Waals surface area contributed by atoms with Gasteiger partial charge in [0.1, 0.15) is 40.3 Å². The molecule has 12 aromatic rings. The molecule has 0 aliphatic carbocycles. The maximum atomic E-state index is 13.0. The van der Waals surface area contributed by atoms with E-state index in [4.69, 9.17) is 139 Å². The summed E-state index contributed by atoms with van der Waals surface area (Å²) in [6.07, 6.45) is -2.47. The van der Waals surface area contributed by atoms with Gasteiger partial charge >= 0.3 is 18.5 Å². The zero-order valence-corrected chi connectivity index (χ0v) is 57.4. The summed E-state index contributed by atoms with van der Waals surface area (Å²) in [6, 6.07) is 10.6. The van der Waals surface area contributed by atoms with Crippen molar-refractivity contribution in [3.05, 3.63) is 154 Å². The van der Waals surface area contributed by atoms with Crippen LogP contribution in [0.25, 0.3) is 85.9 Å². The van der Waals surface area contributed by atoms with Crippen molar-refractivity contribution in [3.63, 3.8) is 0 Å².